The monoisotopic (exact) mass is 268 g/mol. The number of nitrogens with zero attached hydrogens (tertiary/aromatic N) is 1. The zero-order valence-electron chi connectivity index (χ0n) is 8.53. The number of hydrogen-bond acceptors (Lipinski definition) is 4. The molecule has 0 atom stereocenters. The maximum atomic E-state index is 11.6. The molecule has 0 amide bonds. The molecule has 1 heterocycles. The largest absolute Gasteiger partial charge is 0.251 e. The van der Waals surface area contributed by atoms with Gasteiger partial charge in [-0.05, 0) is 12.3 Å². The van der Waals surface area contributed by atoms with Crippen LogP contribution in [0.5, 0.6) is 0 Å². The van der Waals surface area contributed by atoms with Gasteiger partial charge >= 0.3 is 0 Å². The lowest BCUT2D eigenvalue weighted by atomic mass is 10.1. The Hall–Kier alpha value is -0.170. The second kappa shape index (κ2) is 5.25. The average molecular weight is 269 g/mol. The quantitative estimate of drug-likeness (QED) is 0.890. The Kier molecular flexibility index (Phi) is 4.51. The molecule has 1 N–H and O–H groups in total. The minimum absolute atomic E-state index is 0.163. The molecule has 1 rings (SSSR count). The minimum atomic E-state index is -3.41. The second-order valence-electron chi connectivity index (χ2n) is 3.51. The van der Waals surface area contributed by atoms with Crippen molar-refractivity contribution in [2.75, 3.05) is 6.54 Å². The van der Waals surface area contributed by atoms with Crippen molar-refractivity contribution in [2.45, 2.75) is 24.5 Å². The Balaban J connectivity index is 2.60. The van der Waals surface area contributed by atoms with Gasteiger partial charge in [0.1, 0.15) is 0 Å². The first kappa shape index (κ1) is 12.9. The summed E-state index contributed by atoms with van der Waals surface area (Å²) in [5.41, 5.74) is 0. The second-order valence-corrected chi connectivity index (χ2v) is 7.12. The van der Waals surface area contributed by atoms with Gasteiger partial charge in [0.05, 0.1) is 6.20 Å². The topological polar surface area (TPSA) is 59.1 Å². The Morgan fingerprint density at radius 2 is 2.27 bits per heavy atom. The van der Waals surface area contributed by atoms with Crippen LogP contribution in [0.3, 0.4) is 0 Å². The predicted molar refractivity (Wildman–Crippen MR) is 61.8 cm³/mol. The molecule has 15 heavy (non-hydrogen) atoms. The molecule has 86 valence electrons. The lowest BCUT2D eigenvalue weighted by Crippen LogP contribution is -2.24. The van der Waals surface area contributed by atoms with Crippen LogP contribution in [-0.4, -0.2) is 19.9 Å². The zero-order valence-corrected chi connectivity index (χ0v) is 10.9. The van der Waals surface area contributed by atoms with Gasteiger partial charge in [-0.3, -0.25) is 0 Å². The molecule has 1 aromatic heterocycles. The van der Waals surface area contributed by atoms with Crippen LogP contribution in [0.15, 0.2) is 10.4 Å². The Morgan fingerprint density at radius 1 is 1.60 bits per heavy atom. The summed E-state index contributed by atoms with van der Waals surface area (Å²) >= 11 is 6.52. The summed E-state index contributed by atoms with van der Waals surface area (Å²) in [7, 11) is -3.41. The van der Waals surface area contributed by atoms with Gasteiger partial charge in [0, 0.05) is 6.54 Å². The minimum Gasteiger partial charge on any atom is -0.232 e. The highest BCUT2D eigenvalue weighted by molar-refractivity contribution is 7.91. The summed E-state index contributed by atoms with van der Waals surface area (Å²) in [6.07, 6.45) is 2.08. The van der Waals surface area contributed by atoms with Gasteiger partial charge in [-0.15, -0.1) is 0 Å². The molecule has 0 spiro atoms. The van der Waals surface area contributed by atoms with Crippen molar-refractivity contribution in [1.82, 2.24) is 9.71 Å². The molecule has 0 aliphatic rings. The van der Waals surface area contributed by atoms with Crippen LogP contribution in [-0.2, 0) is 10.0 Å². The zero-order chi connectivity index (χ0) is 11.5. The summed E-state index contributed by atoms with van der Waals surface area (Å²) < 4.78 is 26.2. The maximum Gasteiger partial charge on any atom is 0.251 e. The number of thiazole rings is 1. The molecule has 0 aromatic carbocycles. The smallest absolute Gasteiger partial charge is 0.232 e. The van der Waals surface area contributed by atoms with E-state index in [1.54, 1.807) is 0 Å². The molecule has 0 fully saturated rings. The van der Waals surface area contributed by atoms with Gasteiger partial charge in [0.15, 0.2) is 8.68 Å². The normalized spacial score (nSPS) is 12.3. The third-order valence-electron chi connectivity index (χ3n) is 1.73. The fourth-order valence-corrected chi connectivity index (χ4v) is 3.30. The lowest BCUT2D eigenvalue weighted by molar-refractivity contribution is 0.553. The summed E-state index contributed by atoms with van der Waals surface area (Å²) in [5, 5.41) is 0. The number of nitrogens with one attached hydrogen (secondary N) is 1. The van der Waals surface area contributed by atoms with Crippen LogP contribution in [0, 0.1) is 5.92 Å². The molecule has 0 unspecified atom stereocenters. The van der Waals surface area contributed by atoms with E-state index in [2.05, 4.69) is 9.71 Å². The highest BCUT2D eigenvalue weighted by Gasteiger charge is 2.16. The summed E-state index contributed by atoms with van der Waals surface area (Å²) in [6, 6.07) is 0. The van der Waals surface area contributed by atoms with Crippen LogP contribution >= 0.6 is 22.9 Å². The number of aromatic nitrogens is 1. The molecule has 1 aromatic rings. The Morgan fingerprint density at radius 3 is 2.73 bits per heavy atom. The van der Waals surface area contributed by atoms with E-state index in [1.807, 2.05) is 13.8 Å². The summed E-state index contributed by atoms with van der Waals surface area (Å²) in [6.45, 7) is 4.52. The van der Waals surface area contributed by atoms with Crippen molar-refractivity contribution in [1.29, 1.82) is 0 Å². The van der Waals surface area contributed by atoms with Gasteiger partial charge in [-0.25, -0.2) is 18.1 Å². The average Bonchev–Trinajstić information content (AvgIpc) is 2.51. The van der Waals surface area contributed by atoms with Crippen LogP contribution in [0.25, 0.3) is 0 Å². The first-order valence-electron chi connectivity index (χ1n) is 4.53. The molecule has 0 saturated carbocycles. The number of hydrogen-bond donors (Lipinski definition) is 1. The molecular formula is C8H13ClN2O2S2. The van der Waals surface area contributed by atoms with Crippen LogP contribution < -0.4 is 4.72 Å². The van der Waals surface area contributed by atoms with Crippen molar-refractivity contribution in [3.63, 3.8) is 0 Å². The van der Waals surface area contributed by atoms with E-state index >= 15 is 0 Å². The first-order valence-corrected chi connectivity index (χ1v) is 7.20. The third kappa shape index (κ3) is 4.06. The maximum absolute atomic E-state index is 11.6. The van der Waals surface area contributed by atoms with E-state index in [9.17, 15) is 8.42 Å². The molecule has 0 saturated heterocycles. The van der Waals surface area contributed by atoms with E-state index in [-0.39, 0.29) is 8.68 Å². The van der Waals surface area contributed by atoms with Crippen molar-refractivity contribution in [2.24, 2.45) is 5.92 Å². The van der Waals surface area contributed by atoms with Crippen molar-refractivity contribution >= 4 is 33.0 Å². The van der Waals surface area contributed by atoms with E-state index in [0.717, 1.165) is 17.8 Å². The highest BCUT2D eigenvalue weighted by Crippen LogP contribution is 2.22. The number of rotatable bonds is 5. The number of halogens is 1. The molecule has 7 heteroatoms. The van der Waals surface area contributed by atoms with E-state index in [0.29, 0.717) is 12.5 Å². The molecule has 4 nitrogen and oxygen atoms in total. The molecular weight excluding hydrogens is 256 g/mol. The summed E-state index contributed by atoms with van der Waals surface area (Å²) in [4.78, 5) is 3.69. The fraction of sp³-hybridized carbons (Fsp3) is 0.625. The van der Waals surface area contributed by atoms with E-state index in [4.69, 9.17) is 11.6 Å². The molecule has 0 bridgehead atoms. The first-order chi connectivity index (χ1) is 6.92. The third-order valence-corrected chi connectivity index (χ3v) is 4.77. The van der Waals surface area contributed by atoms with Gasteiger partial charge < -0.3 is 0 Å². The van der Waals surface area contributed by atoms with Crippen molar-refractivity contribution < 1.29 is 8.42 Å². The Labute approximate surface area is 98.7 Å². The van der Waals surface area contributed by atoms with Crippen LogP contribution in [0.4, 0.5) is 0 Å². The standard InChI is InChI=1S/C8H13ClN2O2S2/c1-6(2)3-4-11-15(12,13)7-5-10-8(9)14-7/h5-6,11H,3-4H2,1-2H3. The molecule has 0 aliphatic carbocycles. The predicted octanol–water partition coefficient (Wildman–Crippen LogP) is 2.12. The number of sulfonamides is 1. The van der Waals surface area contributed by atoms with Gasteiger partial charge in [-0.2, -0.15) is 0 Å². The summed E-state index contributed by atoms with van der Waals surface area (Å²) in [5.74, 6) is 0.470. The van der Waals surface area contributed by atoms with Crippen molar-refractivity contribution in [3.05, 3.63) is 10.7 Å². The van der Waals surface area contributed by atoms with Gasteiger partial charge in [0.2, 0.25) is 0 Å². The van der Waals surface area contributed by atoms with Crippen LogP contribution in [0.1, 0.15) is 20.3 Å². The fourth-order valence-electron chi connectivity index (χ4n) is 0.916. The Bertz CT molecular complexity index is 414. The van der Waals surface area contributed by atoms with E-state index in [1.165, 1.54) is 6.20 Å². The highest BCUT2D eigenvalue weighted by atomic mass is 35.5. The molecule has 0 aliphatic heterocycles. The van der Waals surface area contributed by atoms with E-state index < -0.39 is 10.0 Å². The molecule has 0 radical (unpaired) electrons. The van der Waals surface area contributed by atoms with Gasteiger partial charge in [0.25, 0.3) is 10.0 Å². The van der Waals surface area contributed by atoms with Gasteiger partial charge in [-0.1, -0.05) is 36.8 Å². The lowest BCUT2D eigenvalue weighted by Gasteiger charge is -2.05. The SMILES string of the molecule is CC(C)CCNS(=O)(=O)c1cnc(Cl)s1. The van der Waals surface area contributed by atoms with Crippen LogP contribution in [0.2, 0.25) is 4.47 Å². The van der Waals surface area contributed by atoms with Crippen molar-refractivity contribution in [3.8, 4) is 0 Å².